The molecular weight excluding hydrogens is 628 g/mol. The van der Waals surface area contributed by atoms with Crippen LogP contribution >= 0.6 is 0 Å². The lowest BCUT2D eigenvalue weighted by Crippen LogP contribution is -2.51. The largest absolute Gasteiger partial charge is 0.397 e. The molecule has 272 valence electrons. The second-order valence-corrected chi connectivity index (χ2v) is 15.4. The van der Waals surface area contributed by atoms with E-state index in [9.17, 15) is 17.8 Å². The maximum atomic E-state index is 13.3. The molecule has 47 heavy (non-hydrogen) atoms. The highest BCUT2D eigenvalue weighted by Crippen LogP contribution is 2.67. The molecule has 0 aromatic rings. The number of ether oxygens (including phenoxy) is 5. The van der Waals surface area contributed by atoms with Crippen molar-refractivity contribution in [2.45, 2.75) is 78.2 Å². The predicted octanol–water partition coefficient (Wildman–Crippen LogP) is 3.55. The number of carbonyl (C=O) groups is 1. The monoisotopic (exact) mass is 688 g/mol. The maximum absolute atomic E-state index is 13.3. The third-order valence-electron chi connectivity index (χ3n) is 11.7. The highest BCUT2D eigenvalue weighted by Gasteiger charge is 2.59. The summed E-state index contributed by atoms with van der Waals surface area (Å²) in [6.07, 6.45) is 9.40. The molecule has 3 fully saturated rings. The molecule has 0 aromatic carbocycles. The van der Waals surface area contributed by atoms with Crippen LogP contribution in [0.2, 0.25) is 0 Å². The molecule has 1 unspecified atom stereocenters. The van der Waals surface area contributed by atoms with E-state index in [1.807, 2.05) is 0 Å². The van der Waals surface area contributed by atoms with Gasteiger partial charge in [0.05, 0.1) is 72.2 Å². The zero-order valence-corrected chi connectivity index (χ0v) is 29.6. The number of nitrogens with two attached hydrogens (primary N) is 1. The van der Waals surface area contributed by atoms with Gasteiger partial charge in [-0.15, -0.1) is 0 Å². The molecule has 4 rings (SSSR count). The lowest BCUT2D eigenvalue weighted by molar-refractivity contribution is -0.129. The van der Waals surface area contributed by atoms with Gasteiger partial charge < -0.3 is 34.7 Å². The molecule has 12 nitrogen and oxygen atoms in total. The van der Waals surface area contributed by atoms with E-state index in [-0.39, 0.29) is 22.7 Å². The molecule has 0 aliphatic heterocycles. The number of allylic oxidation sites excluding steroid dienone is 1. The van der Waals surface area contributed by atoms with Crippen LogP contribution in [0.15, 0.2) is 11.6 Å². The molecule has 8 atom stereocenters. The third-order valence-corrected chi connectivity index (χ3v) is 12.2. The van der Waals surface area contributed by atoms with Gasteiger partial charge in [-0.3, -0.25) is 9.35 Å². The predicted molar refractivity (Wildman–Crippen MR) is 177 cm³/mol. The van der Waals surface area contributed by atoms with Crippen molar-refractivity contribution in [1.29, 1.82) is 0 Å². The van der Waals surface area contributed by atoms with Crippen LogP contribution in [0.5, 0.6) is 0 Å². The van der Waals surface area contributed by atoms with Gasteiger partial charge in [0.15, 0.2) is 0 Å². The number of carbonyl (C=O) groups excluding carboxylic acids is 1. The van der Waals surface area contributed by atoms with E-state index < -0.39 is 16.5 Å². The van der Waals surface area contributed by atoms with E-state index in [1.165, 1.54) is 5.57 Å². The molecule has 4 aliphatic carbocycles. The number of fused-ring (bicyclic) bond motifs is 5. The fourth-order valence-corrected chi connectivity index (χ4v) is 9.91. The average Bonchev–Trinajstić information content (AvgIpc) is 3.38. The van der Waals surface area contributed by atoms with Gasteiger partial charge in [0.1, 0.15) is 0 Å². The first kappa shape index (κ1) is 38.6. The van der Waals surface area contributed by atoms with Crippen LogP contribution in [-0.4, -0.2) is 104 Å². The minimum absolute atomic E-state index is 0.0410. The Morgan fingerprint density at radius 1 is 0.894 bits per heavy atom. The molecule has 0 bridgehead atoms. The van der Waals surface area contributed by atoms with Gasteiger partial charge in [0, 0.05) is 19.0 Å². The Morgan fingerprint density at radius 2 is 1.49 bits per heavy atom. The summed E-state index contributed by atoms with van der Waals surface area (Å²) >= 11 is 0. The van der Waals surface area contributed by atoms with Crippen molar-refractivity contribution in [3.8, 4) is 0 Å². The van der Waals surface area contributed by atoms with E-state index >= 15 is 0 Å². The summed E-state index contributed by atoms with van der Waals surface area (Å²) in [5.74, 6) is 2.12. The molecule has 0 saturated heterocycles. The minimum Gasteiger partial charge on any atom is -0.378 e. The number of nitrogens with one attached hydrogen (secondary N) is 1. The molecule has 3 saturated carbocycles. The average molecular weight is 689 g/mol. The summed E-state index contributed by atoms with van der Waals surface area (Å²) in [5, 5.41) is 3.11. The number of hydrogen-bond acceptors (Lipinski definition) is 10. The normalized spacial score (nSPS) is 32.6. The van der Waals surface area contributed by atoms with Crippen LogP contribution in [0.4, 0.5) is 0 Å². The van der Waals surface area contributed by atoms with Crippen molar-refractivity contribution in [3.63, 3.8) is 0 Å². The maximum Gasteiger partial charge on any atom is 0.397 e. The van der Waals surface area contributed by atoms with Crippen molar-refractivity contribution >= 4 is 16.3 Å². The summed E-state index contributed by atoms with van der Waals surface area (Å²) in [6.45, 7) is 12.9. The first-order valence-corrected chi connectivity index (χ1v) is 19.1. The number of hydrogen-bond donors (Lipinski definition) is 3. The van der Waals surface area contributed by atoms with Gasteiger partial charge >= 0.3 is 10.4 Å². The van der Waals surface area contributed by atoms with Crippen LogP contribution in [0.1, 0.15) is 72.1 Å². The first-order chi connectivity index (χ1) is 22.5. The van der Waals surface area contributed by atoms with Gasteiger partial charge in [-0.05, 0) is 85.9 Å². The molecule has 13 heteroatoms. The molecule has 4 aliphatic rings. The minimum atomic E-state index is -4.45. The standard InChI is InChI=1S/C34H60N2O10S/c1-25(32(37)36-13-15-42-17-19-44-21-23-45-22-20-43-18-16-41-14-12-35)29-6-7-30-28-5-4-26-24-27(46-47(38,39)40)8-10-33(26,2)31(28)9-11-34(29,30)3/h4,25,27-31H,5-24,35H2,1-3H3,(H,36,37)(H,38,39,40)/t25?,27-,28-,29+,30-,31-,33-,34+/m0/s1. The van der Waals surface area contributed by atoms with Gasteiger partial charge in [0.25, 0.3) is 0 Å². The molecule has 4 N–H and O–H groups in total. The Bertz CT molecular complexity index is 1120. The second kappa shape index (κ2) is 18.2. The molecule has 0 aromatic heterocycles. The van der Waals surface area contributed by atoms with Crippen molar-refractivity contribution in [3.05, 3.63) is 11.6 Å². The molecule has 0 spiro atoms. The van der Waals surface area contributed by atoms with Crippen molar-refractivity contribution in [2.75, 3.05) is 79.2 Å². The first-order valence-electron chi connectivity index (χ1n) is 17.7. The quantitative estimate of drug-likeness (QED) is 0.0918. The zero-order valence-electron chi connectivity index (χ0n) is 28.8. The zero-order chi connectivity index (χ0) is 33.9. The second-order valence-electron chi connectivity index (χ2n) is 14.3. The van der Waals surface area contributed by atoms with E-state index in [0.717, 1.165) is 38.5 Å². The Morgan fingerprint density at radius 3 is 2.09 bits per heavy atom. The van der Waals surface area contributed by atoms with Gasteiger partial charge in [-0.25, -0.2) is 4.18 Å². The van der Waals surface area contributed by atoms with Crippen LogP contribution in [-0.2, 0) is 43.1 Å². The number of amides is 1. The van der Waals surface area contributed by atoms with Crippen molar-refractivity contribution in [2.24, 2.45) is 46.2 Å². The highest BCUT2D eigenvalue weighted by molar-refractivity contribution is 7.80. The fourth-order valence-electron chi connectivity index (χ4n) is 9.40. The van der Waals surface area contributed by atoms with Crippen LogP contribution in [0, 0.1) is 40.4 Å². The third kappa shape index (κ3) is 10.4. The highest BCUT2D eigenvalue weighted by atomic mass is 32.3. The fraction of sp³-hybridized carbons (Fsp3) is 0.912. The Labute approximate surface area is 282 Å². The summed E-state index contributed by atoms with van der Waals surface area (Å²) in [6, 6.07) is 0. The number of rotatable bonds is 21. The summed E-state index contributed by atoms with van der Waals surface area (Å²) in [5.41, 5.74) is 6.83. The topological polar surface area (TPSA) is 165 Å². The van der Waals surface area contributed by atoms with Crippen LogP contribution in [0.25, 0.3) is 0 Å². The Hall–Kier alpha value is -1.16. The van der Waals surface area contributed by atoms with E-state index in [2.05, 4.69) is 32.2 Å². The van der Waals surface area contributed by atoms with Crippen molar-refractivity contribution < 1.29 is 45.6 Å². The van der Waals surface area contributed by atoms with Gasteiger partial charge in [-0.1, -0.05) is 32.4 Å². The summed E-state index contributed by atoms with van der Waals surface area (Å²) in [4.78, 5) is 13.3. The van der Waals surface area contributed by atoms with E-state index in [0.29, 0.717) is 116 Å². The van der Waals surface area contributed by atoms with Gasteiger partial charge in [-0.2, -0.15) is 8.42 Å². The molecule has 0 heterocycles. The molecule has 1 amide bonds. The smallest absolute Gasteiger partial charge is 0.378 e. The SMILES string of the molecule is CC(C(=O)NCCOCCOCCOCCOCCOCCN)[C@H]1CC[C@H]2[C@@H]3CC=C4C[C@@H](OS(=O)(=O)O)CC[C@]4(C)[C@H]3CC[C@]12C. The van der Waals surface area contributed by atoms with E-state index in [1.54, 1.807) is 0 Å². The summed E-state index contributed by atoms with van der Waals surface area (Å²) in [7, 11) is -4.45. The van der Waals surface area contributed by atoms with Gasteiger partial charge in [0.2, 0.25) is 5.91 Å². The molecule has 0 radical (unpaired) electrons. The lowest BCUT2D eigenvalue weighted by Gasteiger charge is -2.58. The Kier molecular flexibility index (Phi) is 15.0. The van der Waals surface area contributed by atoms with Crippen molar-refractivity contribution in [1.82, 2.24) is 5.32 Å². The van der Waals surface area contributed by atoms with E-state index in [4.69, 9.17) is 33.6 Å². The lowest BCUT2D eigenvalue weighted by atomic mass is 9.47. The van der Waals surface area contributed by atoms with Crippen LogP contribution in [0.3, 0.4) is 0 Å². The summed E-state index contributed by atoms with van der Waals surface area (Å²) < 4.78 is 64.1. The molecular formula is C34H60N2O10S. The van der Waals surface area contributed by atoms with Crippen LogP contribution < -0.4 is 11.1 Å². The Balaban J connectivity index is 1.10.